The lowest BCUT2D eigenvalue weighted by molar-refractivity contribution is -0.383. The predicted octanol–water partition coefficient (Wildman–Crippen LogP) is 3.51. The van der Waals surface area contributed by atoms with E-state index in [1.807, 2.05) is 23.1 Å². The molecular weight excluding hydrogens is 425 g/mol. The summed E-state index contributed by atoms with van der Waals surface area (Å²) in [4.78, 5) is 28.0. The zero-order valence-electron chi connectivity index (χ0n) is 16.4. The number of nitrogens with one attached hydrogen (secondary N) is 1. The number of halogens is 2. The van der Waals surface area contributed by atoms with Gasteiger partial charge in [-0.15, -0.1) is 0 Å². The van der Waals surface area contributed by atoms with E-state index in [2.05, 4.69) is 25.2 Å². The van der Waals surface area contributed by atoms with Crippen molar-refractivity contribution in [1.82, 2.24) is 15.0 Å². The minimum Gasteiger partial charge on any atom is -0.360 e. The van der Waals surface area contributed by atoms with Crippen molar-refractivity contribution in [2.45, 2.75) is 6.54 Å². The fraction of sp³-hybridized carbons (Fsp3) is 0.250. The molecule has 1 aliphatic rings. The van der Waals surface area contributed by atoms with Crippen molar-refractivity contribution < 1.29 is 9.31 Å². The van der Waals surface area contributed by atoms with Crippen molar-refractivity contribution in [2.75, 3.05) is 41.3 Å². The fourth-order valence-electron chi connectivity index (χ4n) is 3.42. The number of nitrogens with zero attached hydrogens (tertiary/aromatic N) is 6. The Hall–Kier alpha value is -3.53. The Morgan fingerprint density at radius 2 is 1.87 bits per heavy atom. The smallest absolute Gasteiger partial charge is 0.353 e. The molecule has 0 aliphatic carbocycles. The molecular formula is C20H19ClFN7O2. The normalized spacial score (nSPS) is 13.9. The fourth-order valence-corrected chi connectivity index (χ4v) is 3.63. The van der Waals surface area contributed by atoms with Gasteiger partial charge in [-0.2, -0.15) is 0 Å². The van der Waals surface area contributed by atoms with E-state index in [1.54, 1.807) is 12.3 Å². The zero-order chi connectivity index (χ0) is 21.8. The summed E-state index contributed by atoms with van der Waals surface area (Å²) in [5.74, 6) is 0.716. The Labute approximate surface area is 182 Å². The molecule has 1 aromatic carbocycles. The second-order valence-corrected chi connectivity index (χ2v) is 7.32. The van der Waals surface area contributed by atoms with Gasteiger partial charge in [0.25, 0.3) is 0 Å². The van der Waals surface area contributed by atoms with Crippen LogP contribution in [0.1, 0.15) is 5.56 Å². The highest BCUT2D eigenvalue weighted by Gasteiger charge is 2.29. The van der Waals surface area contributed by atoms with Crippen LogP contribution in [0.2, 0.25) is 5.02 Å². The number of anilines is 3. The summed E-state index contributed by atoms with van der Waals surface area (Å²) in [6.45, 7) is 2.64. The SMILES string of the molecule is O=[N+]([O-])c1c(NCc2ccc(F)c(Cl)c2)ncnc1N1CCN(c2ccccn2)CC1. The molecule has 160 valence electrons. The molecule has 1 N–H and O–H groups in total. The molecule has 0 spiro atoms. The van der Waals surface area contributed by atoms with Gasteiger partial charge in [0.1, 0.15) is 18.0 Å². The van der Waals surface area contributed by atoms with Gasteiger partial charge in [0.15, 0.2) is 0 Å². The average molecular weight is 444 g/mol. The zero-order valence-corrected chi connectivity index (χ0v) is 17.2. The molecule has 1 saturated heterocycles. The third-order valence-electron chi connectivity index (χ3n) is 4.98. The maximum atomic E-state index is 13.4. The maximum absolute atomic E-state index is 13.4. The summed E-state index contributed by atoms with van der Waals surface area (Å²) in [5.41, 5.74) is 0.479. The summed E-state index contributed by atoms with van der Waals surface area (Å²) < 4.78 is 13.4. The van der Waals surface area contributed by atoms with E-state index in [4.69, 9.17) is 11.6 Å². The average Bonchev–Trinajstić information content (AvgIpc) is 2.80. The van der Waals surface area contributed by atoms with Gasteiger partial charge in [0.05, 0.1) is 9.95 Å². The summed E-state index contributed by atoms with van der Waals surface area (Å²) in [6.07, 6.45) is 3.04. The molecule has 1 aliphatic heterocycles. The molecule has 3 aromatic rings. The van der Waals surface area contributed by atoms with Crippen molar-refractivity contribution in [3.63, 3.8) is 0 Å². The Balaban J connectivity index is 1.51. The van der Waals surface area contributed by atoms with E-state index in [1.165, 1.54) is 18.5 Å². The number of aromatic nitrogens is 3. The molecule has 0 unspecified atom stereocenters. The van der Waals surface area contributed by atoms with Crippen LogP contribution in [0, 0.1) is 15.9 Å². The van der Waals surface area contributed by atoms with E-state index in [9.17, 15) is 14.5 Å². The number of rotatable bonds is 6. The minimum atomic E-state index is -0.523. The lowest BCUT2D eigenvalue weighted by Gasteiger charge is -2.35. The number of piperazine rings is 1. The standard InChI is InChI=1S/C20H19ClFN7O2/c21-15-11-14(4-5-16(15)22)12-24-19-18(29(30)31)20(26-13-25-19)28-9-7-27(8-10-28)17-3-1-2-6-23-17/h1-6,11,13H,7-10,12H2,(H,24,25,26). The first kappa shape index (κ1) is 20.7. The molecule has 0 saturated carbocycles. The van der Waals surface area contributed by atoms with Gasteiger partial charge in [-0.05, 0) is 29.8 Å². The van der Waals surface area contributed by atoms with Crippen LogP contribution in [-0.2, 0) is 6.54 Å². The van der Waals surface area contributed by atoms with Gasteiger partial charge < -0.3 is 15.1 Å². The number of nitro groups is 1. The molecule has 0 radical (unpaired) electrons. The topological polar surface area (TPSA) is 100 Å². The second-order valence-electron chi connectivity index (χ2n) is 6.92. The van der Waals surface area contributed by atoms with E-state index in [0.29, 0.717) is 31.7 Å². The highest BCUT2D eigenvalue weighted by Crippen LogP contribution is 2.33. The van der Waals surface area contributed by atoms with Crippen molar-refractivity contribution >= 4 is 34.7 Å². The van der Waals surface area contributed by atoms with Crippen LogP contribution in [0.4, 0.5) is 27.5 Å². The van der Waals surface area contributed by atoms with Crippen LogP contribution in [0.5, 0.6) is 0 Å². The summed E-state index contributed by atoms with van der Waals surface area (Å²) in [6, 6.07) is 10.00. The largest absolute Gasteiger partial charge is 0.360 e. The van der Waals surface area contributed by atoms with E-state index >= 15 is 0 Å². The third-order valence-corrected chi connectivity index (χ3v) is 5.27. The van der Waals surface area contributed by atoms with Crippen molar-refractivity contribution in [3.8, 4) is 0 Å². The van der Waals surface area contributed by atoms with Crippen molar-refractivity contribution in [1.29, 1.82) is 0 Å². The lowest BCUT2D eigenvalue weighted by Crippen LogP contribution is -2.47. The van der Waals surface area contributed by atoms with Crippen LogP contribution in [0.3, 0.4) is 0 Å². The Morgan fingerprint density at radius 1 is 1.10 bits per heavy atom. The quantitative estimate of drug-likeness (QED) is 0.456. The van der Waals surface area contributed by atoms with Crippen LogP contribution in [0.25, 0.3) is 0 Å². The molecule has 0 atom stereocenters. The van der Waals surface area contributed by atoms with Gasteiger partial charge in [-0.3, -0.25) is 10.1 Å². The van der Waals surface area contributed by atoms with E-state index in [0.717, 1.165) is 5.82 Å². The first-order chi connectivity index (χ1) is 15.0. The van der Waals surface area contributed by atoms with Crippen LogP contribution >= 0.6 is 11.6 Å². The van der Waals surface area contributed by atoms with Gasteiger partial charge in [-0.1, -0.05) is 23.7 Å². The number of hydrogen-bond acceptors (Lipinski definition) is 8. The number of pyridine rings is 1. The third kappa shape index (κ3) is 4.64. The highest BCUT2D eigenvalue weighted by molar-refractivity contribution is 6.30. The molecule has 0 bridgehead atoms. The van der Waals surface area contributed by atoms with Crippen LogP contribution < -0.4 is 15.1 Å². The van der Waals surface area contributed by atoms with Crippen molar-refractivity contribution in [3.05, 3.63) is 75.4 Å². The maximum Gasteiger partial charge on any atom is 0.353 e. The molecule has 3 heterocycles. The minimum absolute atomic E-state index is 0.0112. The van der Waals surface area contributed by atoms with Crippen LogP contribution in [0.15, 0.2) is 48.9 Å². The molecule has 2 aromatic heterocycles. The first-order valence-corrected chi connectivity index (χ1v) is 9.99. The summed E-state index contributed by atoms with van der Waals surface area (Å²) >= 11 is 5.81. The summed E-state index contributed by atoms with van der Waals surface area (Å²) in [5, 5.41) is 14.8. The predicted molar refractivity (Wildman–Crippen MR) is 116 cm³/mol. The van der Waals surface area contributed by atoms with Gasteiger partial charge >= 0.3 is 5.69 Å². The number of hydrogen-bond donors (Lipinski definition) is 1. The van der Waals surface area contributed by atoms with Gasteiger partial charge in [0, 0.05) is 38.9 Å². The molecule has 11 heteroatoms. The molecule has 31 heavy (non-hydrogen) atoms. The molecule has 1 fully saturated rings. The van der Waals surface area contributed by atoms with E-state index < -0.39 is 10.7 Å². The monoisotopic (exact) mass is 443 g/mol. The molecule has 0 amide bonds. The van der Waals surface area contributed by atoms with Gasteiger partial charge in [-0.25, -0.2) is 19.3 Å². The Bertz CT molecular complexity index is 1080. The Kier molecular flexibility index (Phi) is 6.08. The lowest BCUT2D eigenvalue weighted by atomic mass is 10.2. The molecule has 4 rings (SSSR count). The second kappa shape index (κ2) is 9.09. The summed E-state index contributed by atoms with van der Waals surface area (Å²) in [7, 11) is 0. The molecule has 9 nitrogen and oxygen atoms in total. The van der Waals surface area contributed by atoms with E-state index in [-0.39, 0.29) is 28.9 Å². The van der Waals surface area contributed by atoms with Crippen molar-refractivity contribution in [2.24, 2.45) is 0 Å². The Morgan fingerprint density at radius 3 is 2.55 bits per heavy atom. The highest BCUT2D eigenvalue weighted by atomic mass is 35.5. The van der Waals surface area contributed by atoms with Gasteiger partial charge in [0.2, 0.25) is 11.6 Å². The van der Waals surface area contributed by atoms with Crippen LogP contribution in [-0.4, -0.2) is 46.1 Å². The first-order valence-electron chi connectivity index (χ1n) is 9.61. The number of benzene rings is 1.